The zero-order valence-electron chi connectivity index (χ0n) is 21.0. The molecule has 1 saturated heterocycles. The molecule has 196 valence electrons. The second-order valence-electron chi connectivity index (χ2n) is 9.58. The Labute approximate surface area is 218 Å². The van der Waals surface area contributed by atoms with E-state index in [1.54, 1.807) is 24.4 Å². The first-order valence-corrected chi connectivity index (χ1v) is 12.2. The average Bonchev–Trinajstić information content (AvgIpc) is 3.33. The number of alkyl halides is 3. The minimum atomic E-state index is -4.53. The predicted octanol–water partition coefficient (Wildman–Crippen LogP) is 5.29. The van der Waals surface area contributed by atoms with E-state index in [1.807, 2.05) is 43.3 Å². The number of rotatable bonds is 5. The lowest BCUT2D eigenvalue weighted by Crippen LogP contribution is -2.34. The van der Waals surface area contributed by atoms with Gasteiger partial charge in [-0.05, 0) is 73.6 Å². The van der Waals surface area contributed by atoms with Gasteiger partial charge in [-0.15, -0.1) is 0 Å². The fourth-order valence-corrected chi connectivity index (χ4v) is 4.81. The number of nitrogen functional groups attached to an aromatic ring is 1. The van der Waals surface area contributed by atoms with Crippen LogP contribution in [0.15, 0.2) is 66.9 Å². The van der Waals surface area contributed by atoms with E-state index >= 15 is 0 Å². The molecule has 1 atom stereocenters. The Balaban J connectivity index is 1.45. The van der Waals surface area contributed by atoms with Gasteiger partial charge < -0.3 is 20.9 Å². The van der Waals surface area contributed by atoms with Crippen LogP contribution in [-0.2, 0) is 6.18 Å². The third-order valence-electron chi connectivity index (χ3n) is 6.92. The summed E-state index contributed by atoms with van der Waals surface area (Å²) in [4.78, 5) is 25.6. The highest BCUT2D eigenvalue weighted by molar-refractivity contribution is 6.06. The summed E-state index contributed by atoms with van der Waals surface area (Å²) < 4.78 is 40.6. The molecule has 5 rings (SSSR count). The molecule has 0 bridgehead atoms. The fraction of sp³-hybridized carbons (Fsp3) is 0.250. The third kappa shape index (κ3) is 5.26. The third-order valence-corrected chi connectivity index (χ3v) is 6.92. The molecular weight excluding hydrogens is 493 g/mol. The molecule has 7 nitrogen and oxygen atoms in total. The minimum Gasteiger partial charge on any atom is -0.369 e. The lowest BCUT2D eigenvalue weighted by atomic mass is 10.0. The number of fused-ring (bicyclic) bond motifs is 1. The smallest absolute Gasteiger partial charge is 0.369 e. The van der Waals surface area contributed by atoms with Crippen LogP contribution in [-0.4, -0.2) is 54.0 Å². The quantitative estimate of drug-likeness (QED) is 0.372. The molecule has 1 aliphatic rings. The van der Waals surface area contributed by atoms with Gasteiger partial charge >= 0.3 is 6.18 Å². The minimum absolute atomic E-state index is 0.118. The molecule has 1 aromatic heterocycles. The number of anilines is 3. The Morgan fingerprint density at radius 2 is 1.89 bits per heavy atom. The van der Waals surface area contributed by atoms with Crippen molar-refractivity contribution in [2.75, 3.05) is 43.1 Å². The van der Waals surface area contributed by atoms with Crippen molar-refractivity contribution in [1.29, 1.82) is 0 Å². The number of carbonyl (C=O) groups excluding carboxylic acids is 1. The number of nitrogens with zero attached hydrogens (tertiary/aromatic N) is 4. The highest BCUT2D eigenvalue weighted by atomic mass is 19.4. The summed E-state index contributed by atoms with van der Waals surface area (Å²) >= 11 is 0. The summed E-state index contributed by atoms with van der Waals surface area (Å²) in [7, 11) is 3.86. The van der Waals surface area contributed by atoms with Gasteiger partial charge in [0.05, 0.1) is 22.5 Å². The number of likely N-dealkylation sites (tertiary alicyclic amines) is 1. The molecule has 3 N–H and O–H groups in total. The van der Waals surface area contributed by atoms with Crippen LogP contribution in [0.25, 0.3) is 22.0 Å². The van der Waals surface area contributed by atoms with Crippen LogP contribution in [0.4, 0.5) is 30.5 Å². The Morgan fingerprint density at radius 3 is 2.63 bits per heavy atom. The predicted molar refractivity (Wildman–Crippen MR) is 143 cm³/mol. The standard InChI is InChI=1S/C28H27F3N6O/c1-36-11-10-22(16-36)37(2)25-9-7-21(28(29,30)31)14-24(25)34-26(38)19-5-3-4-17(12-19)18-6-8-23-20(13-18)15-33-27(32)35-23/h3-9,12-15,22H,10-11,16H2,1-2H3,(H,34,38)(H2,32,33,35)/t22-/m0/s1. The first kappa shape index (κ1) is 25.5. The summed E-state index contributed by atoms with van der Waals surface area (Å²) in [6, 6.07) is 16.1. The van der Waals surface area contributed by atoms with Crippen molar-refractivity contribution in [1.82, 2.24) is 14.9 Å². The van der Waals surface area contributed by atoms with Crippen molar-refractivity contribution >= 4 is 34.1 Å². The van der Waals surface area contributed by atoms with Crippen molar-refractivity contribution in [2.45, 2.75) is 18.6 Å². The molecule has 10 heteroatoms. The van der Waals surface area contributed by atoms with Gasteiger partial charge in [-0.2, -0.15) is 13.2 Å². The van der Waals surface area contributed by atoms with E-state index in [4.69, 9.17) is 5.73 Å². The van der Waals surface area contributed by atoms with Crippen LogP contribution in [0.1, 0.15) is 22.3 Å². The second-order valence-corrected chi connectivity index (χ2v) is 9.58. The van der Waals surface area contributed by atoms with Crippen molar-refractivity contribution in [3.63, 3.8) is 0 Å². The lowest BCUT2D eigenvalue weighted by Gasteiger charge is -2.29. The topological polar surface area (TPSA) is 87.4 Å². The highest BCUT2D eigenvalue weighted by Crippen LogP contribution is 2.37. The average molecular weight is 521 g/mol. The molecule has 0 spiro atoms. The van der Waals surface area contributed by atoms with Crippen LogP contribution in [0, 0.1) is 0 Å². The first-order chi connectivity index (χ1) is 18.1. The number of hydrogen-bond acceptors (Lipinski definition) is 6. The number of amides is 1. The molecule has 4 aromatic rings. The van der Waals surface area contributed by atoms with Crippen LogP contribution in [0.5, 0.6) is 0 Å². The second kappa shape index (κ2) is 9.94. The Bertz CT molecular complexity index is 1510. The summed E-state index contributed by atoms with van der Waals surface area (Å²) in [5.41, 5.74) is 8.13. The molecule has 0 saturated carbocycles. The molecule has 1 aliphatic heterocycles. The van der Waals surface area contributed by atoms with Gasteiger partial charge in [-0.3, -0.25) is 4.79 Å². The van der Waals surface area contributed by atoms with Crippen molar-refractivity contribution in [3.05, 3.63) is 78.0 Å². The number of aromatic nitrogens is 2. The largest absolute Gasteiger partial charge is 0.416 e. The number of likely N-dealkylation sites (N-methyl/N-ethyl adjacent to an activating group) is 2. The van der Waals surface area contributed by atoms with Gasteiger partial charge in [0.25, 0.3) is 5.91 Å². The summed E-state index contributed by atoms with van der Waals surface area (Å²) in [5, 5.41) is 3.53. The van der Waals surface area contributed by atoms with Crippen LogP contribution in [0.3, 0.4) is 0 Å². The molecule has 0 aliphatic carbocycles. The molecule has 1 fully saturated rings. The number of nitrogens with one attached hydrogen (secondary N) is 1. The molecule has 2 heterocycles. The van der Waals surface area contributed by atoms with E-state index in [0.717, 1.165) is 48.2 Å². The highest BCUT2D eigenvalue weighted by Gasteiger charge is 2.32. The van der Waals surface area contributed by atoms with Gasteiger partial charge in [-0.1, -0.05) is 18.2 Å². The Morgan fingerprint density at radius 1 is 1.11 bits per heavy atom. The maximum atomic E-state index is 13.5. The summed E-state index contributed by atoms with van der Waals surface area (Å²) in [5.74, 6) is -0.315. The van der Waals surface area contributed by atoms with E-state index in [-0.39, 0.29) is 17.7 Å². The number of benzene rings is 3. The van der Waals surface area contributed by atoms with Gasteiger partial charge in [-0.25, -0.2) is 9.97 Å². The lowest BCUT2D eigenvalue weighted by molar-refractivity contribution is -0.137. The number of nitrogens with two attached hydrogens (primary N) is 1. The van der Waals surface area contributed by atoms with Crippen LogP contribution in [0.2, 0.25) is 0 Å². The number of carbonyl (C=O) groups is 1. The monoisotopic (exact) mass is 520 g/mol. The summed E-state index contributed by atoms with van der Waals surface area (Å²) in [6.07, 6.45) is -2.02. The molecule has 0 radical (unpaired) electrons. The van der Waals surface area contributed by atoms with E-state index in [9.17, 15) is 18.0 Å². The molecule has 38 heavy (non-hydrogen) atoms. The number of hydrogen-bond donors (Lipinski definition) is 2. The maximum Gasteiger partial charge on any atom is 0.416 e. The van der Waals surface area contributed by atoms with Crippen LogP contribution >= 0.6 is 0 Å². The fourth-order valence-electron chi connectivity index (χ4n) is 4.81. The Kier molecular flexibility index (Phi) is 6.66. The van der Waals surface area contributed by atoms with Gasteiger partial charge in [0.1, 0.15) is 0 Å². The Hall–Kier alpha value is -4.18. The molecule has 3 aromatic carbocycles. The van der Waals surface area contributed by atoms with E-state index in [0.29, 0.717) is 16.8 Å². The van der Waals surface area contributed by atoms with Crippen molar-refractivity contribution < 1.29 is 18.0 Å². The van der Waals surface area contributed by atoms with Gasteiger partial charge in [0, 0.05) is 36.8 Å². The van der Waals surface area contributed by atoms with E-state index < -0.39 is 17.6 Å². The van der Waals surface area contributed by atoms with E-state index in [1.165, 1.54) is 6.07 Å². The molecule has 0 unspecified atom stereocenters. The first-order valence-electron chi connectivity index (χ1n) is 12.2. The van der Waals surface area contributed by atoms with Crippen molar-refractivity contribution in [3.8, 4) is 11.1 Å². The SMILES string of the molecule is CN1CC[C@H](N(C)c2ccc(C(F)(F)F)cc2NC(=O)c2cccc(-c3ccc4nc(N)ncc4c3)c2)C1. The number of halogens is 3. The zero-order chi connectivity index (χ0) is 27.0. The van der Waals surface area contributed by atoms with Crippen LogP contribution < -0.4 is 16.0 Å². The van der Waals surface area contributed by atoms with E-state index in [2.05, 4.69) is 20.2 Å². The maximum absolute atomic E-state index is 13.5. The van der Waals surface area contributed by atoms with Gasteiger partial charge in [0.15, 0.2) is 0 Å². The zero-order valence-corrected chi connectivity index (χ0v) is 21.0. The molecule has 1 amide bonds. The molecular formula is C28H27F3N6O. The normalized spacial score (nSPS) is 16.1. The van der Waals surface area contributed by atoms with Gasteiger partial charge in [0.2, 0.25) is 5.95 Å². The van der Waals surface area contributed by atoms with Crippen molar-refractivity contribution in [2.24, 2.45) is 0 Å². The summed E-state index contributed by atoms with van der Waals surface area (Å²) in [6.45, 7) is 1.69.